The molecule has 1 atom stereocenters. The normalized spacial score (nSPS) is 15.1. The van der Waals surface area contributed by atoms with Crippen molar-refractivity contribution in [1.82, 2.24) is 0 Å². The van der Waals surface area contributed by atoms with Crippen LogP contribution < -0.4 is 5.73 Å². The number of phenols is 1. The Bertz CT molecular complexity index is 326. The number of halogens is 1. The molecule has 0 bridgehead atoms. The second-order valence-electron chi connectivity index (χ2n) is 3.56. The monoisotopic (exact) mass is 259 g/mol. The zero-order valence-electron chi connectivity index (χ0n) is 8.00. The van der Waals surface area contributed by atoms with Crippen LogP contribution >= 0.6 is 15.9 Å². The van der Waals surface area contributed by atoms with Crippen molar-refractivity contribution in [2.75, 3.05) is 6.61 Å². The first-order valence-electron chi connectivity index (χ1n) is 4.36. The van der Waals surface area contributed by atoms with Gasteiger partial charge in [-0.05, 0) is 47.0 Å². The number of benzene rings is 1. The molecule has 1 aromatic rings. The number of rotatable bonds is 3. The summed E-state index contributed by atoms with van der Waals surface area (Å²) >= 11 is 3.22. The lowest BCUT2D eigenvalue weighted by Gasteiger charge is -2.24. The zero-order valence-corrected chi connectivity index (χ0v) is 9.58. The molecule has 1 unspecified atom stereocenters. The standard InChI is InChI=1S/C10H14BrNO2/c1-10(12,4-5-13)7-2-3-9(14)8(11)6-7/h2-3,6,13-14H,4-5,12H2,1H3. The van der Waals surface area contributed by atoms with Crippen molar-refractivity contribution >= 4 is 15.9 Å². The summed E-state index contributed by atoms with van der Waals surface area (Å²) in [6.07, 6.45) is 0.490. The summed E-state index contributed by atoms with van der Waals surface area (Å²) in [6.45, 7) is 1.90. The van der Waals surface area contributed by atoms with Crippen molar-refractivity contribution in [2.45, 2.75) is 18.9 Å². The van der Waals surface area contributed by atoms with Gasteiger partial charge in [-0.25, -0.2) is 0 Å². The van der Waals surface area contributed by atoms with E-state index in [2.05, 4.69) is 15.9 Å². The van der Waals surface area contributed by atoms with Gasteiger partial charge in [0.15, 0.2) is 0 Å². The van der Waals surface area contributed by atoms with Crippen LogP contribution in [-0.4, -0.2) is 16.8 Å². The van der Waals surface area contributed by atoms with Crippen molar-refractivity contribution < 1.29 is 10.2 Å². The van der Waals surface area contributed by atoms with Crippen molar-refractivity contribution in [3.05, 3.63) is 28.2 Å². The Labute approximate surface area is 91.7 Å². The van der Waals surface area contributed by atoms with E-state index < -0.39 is 5.54 Å². The molecular formula is C10H14BrNO2. The fourth-order valence-corrected chi connectivity index (χ4v) is 1.62. The van der Waals surface area contributed by atoms with Gasteiger partial charge in [0, 0.05) is 12.1 Å². The Morgan fingerprint density at radius 3 is 2.64 bits per heavy atom. The minimum absolute atomic E-state index is 0.0471. The lowest BCUT2D eigenvalue weighted by Crippen LogP contribution is -2.33. The second-order valence-corrected chi connectivity index (χ2v) is 4.41. The fraction of sp³-hybridized carbons (Fsp3) is 0.400. The Kier molecular flexibility index (Phi) is 3.53. The van der Waals surface area contributed by atoms with Crippen LogP contribution in [0, 0.1) is 0 Å². The number of phenolic OH excluding ortho intramolecular Hbond substituents is 1. The first-order chi connectivity index (χ1) is 6.47. The van der Waals surface area contributed by atoms with Crippen molar-refractivity contribution in [2.24, 2.45) is 5.73 Å². The van der Waals surface area contributed by atoms with Gasteiger partial charge >= 0.3 is 0 Å². The summed E-state index contributed by atoms with van der Waals surface area (Å²) in [5.74, 6) is 0.188. The molecule has 0 spiro atoms. The highest BCUT2D eigenvalue weighted by Crippen LogP contribution is 2.29. The number of aliphatic hydroxyl groups is 1. The number of aromatic hydroxyl groups is 1. The molecule has 14 heavy (non-hydrogen) atoms. The SMILES string of the molecule is CC(N)(CCO)c1ccc(O)c(Br)c1. The molecule has 0 amide bonds. The Morgan fingerprint density at radius 2 is 2.14 bits per heavy atom. The molecule has 0 aliphatic rings. The van der Waals surface area contributed by atoms with E-state index in [1.807, 2.05) is 6.92 Å². The highest BCUT2D eigenvalue weighted by atomic mass is 79.9. The molecule has 0 aliphatic carbocycles. The first kappa shape index (κ1) is 11.5. The Hall–Kier alpha value is -0.580. The van der Waals surface area contributed by atoms with E-state index in [1.165, 1.54) is 0 Å². The molecule has 0 saturated carbocycles. The minimum atomic E-state index is -0.565. The molecular weight excluding hydrogens is 246 g/mol. The molecule has 1 rings (SSSR count). The van der Waals surface area contributed by atoms with Crippen LogP contribution in [-0.2, 0) is 5.54 Å². The van der Waals surface area contributed by atoms with Crippen LogP contribution in [0.1, 0.15) is 18.9 Å². The maximum atomic E-state index is 9.30. The summed E-state index contributed by atoms with van der Waals surface area (Å²) in [5.41, 5.74) is 6.33. The van der Waals surface area contributed by atoms with Gasteiger partial charge in [-0.15, -0.1) is 0 Å². The van der Waals surface area contributed by atoms with Gasteiger partial charge in [0.1, 0.15) is 5.75 Å². The molecule has 0 aliphatic heterocycles. The Morgan fingerprint density at radius 1 is 1.50 bits per heavy atom. The maximum absolute atomic E-state index is 9.30. The highest BCUT2D eigenvalue weighted by molar-refractivity contribution is 9.10. The van der Waals surface area contributed by atoms with Crippen LogP contribution in [0.2, 0.25) is 0 Å². The molecule has 3 nitrogen and oxygen atoms in total. The van der Waals surface area contributed by atoms with Crippen molar-refractivity contribution in [3.63, 3.8) is 0 Å². The average molecular weight is 260 g/mol. The molecule has 1 aromatic carbocycles. The quantitative estimate of drug-likeness (QED) is 0.775. The number of aliphatic hydroxyl groups excluding tert-OH is 1. The smallest absolute Gasteiger partial charge is 0.129 e. The summed E-state index contributed by atoms with van der Waals surface area (Å²) in [4.78, 5) is 0. The molecule has 0 fully saturated rings. The van der Waals surface area contributed by atoms with Crippen LogP contribution in [0.4, 0.5) is 0 Å². The predicted molar refractivity (Wildman–Crippen MR) is 59.0 cm³/mol. The molecule has 4 heteroatoms. The predicted octanol–water partition coefficient (Wildman–Crippen LogP) is 1.71. The highest BCUT2D eigenvalue weighted by Gasteiger charge is 2.20. The van der Waals surface area contributed by atoms with E-state index in [-0.39, 0.29) is 12.4 Å². The molecule has 0 aromatic heterocycles. The third kappa shape index (κ3) is 2.47. The van der Waals surface area contributed by atoms with Gasteiger partial charge < -0.3 is 15.9 Å². The maximum Gasteiger partial charge on any atom is 0.129 e. The van der Waals surface area contributed by atoms with E-state index in [0.717, 1.165) is 5.56 Å². The zero-order chi connectivity index (χ0) is 10.8. The van der Waals surface area contributed by atoms with Gasteiger partial charge in [0.2, 0.25) is 0 Å². The summed E-state index contributed by atoms with van der Waals surface area (Å²) < 4.78 is 0.615. The van der Waals surface area contributed by atoms with Crippen LogP contribution in [0.25, 0.3) is 0 Å². The topological polar surface area (TPSA) is 66.5 Å². The van der Waals surface area contributed by atoms with Gasteiger partial charge in [0.05, 0.1) is 4.47 Å². The van der Waals surface area contributed by atoms with E-state index in [9.17, 15) is 5.11 Å². The van der Waals surface area contributed by atoms with Crippen LogP contribution in [0.15, 0.2) is 22.7 Å². The number of nitrogens with two attached hydrogens (primary N) is 1. The van der Waals surface area contributed by atoms with Crippen molar-refractivity contribution in [1.29, 1.82) is 0 Å². The molecule has 0 saturated heterocycles. The minimum Gasteiger partial charge on any atom is -0.507 e. The largest absolute Gasteiger partial charge is 0.507 e. The van der Waals surface area contributed by atoms with E-state index in [1.54, 1.807) is 18.2 Å². The molecule has 0 heterocycles. The summed E-state index contributed by atoms with van der Waals surface area (Å²) in [5, 5.41) is 18.1. The van der Waals surface area contributed by atoms with Crippen LogP contribution in [0.3, 0.4) is 0 Å². The third-order valence-corrected chi connectivity index (χ3v) is 2.87. The lowest BCUT2D eigenvalue weighted by atomic mass is 9.90. The number of hydrogen-bond acceptors (Lipinski definition) is 3. The molecule has 4 N–H and O–H groups in total. The Balaban J connectivity index is 3.01. The molecule has 78 valence electrons. The number of hydrogen-bond donors (Lipinski definition) is 3. The van der Waals surface area contributed by atoms with Gasteiger partial charge in [-0.3, -0.25) is 0 Å². The average Bonchev–Trinajstić information content (AvgIpc) is 2.09. The van der Waals surface area contributed by atoms with E-state index >= 15 is 0 Å². The first-order valence-corrected chi connectivity index (χ1v) is 5.15. The second kappa shape index (κ2) is 4.29. The summed E-state index contributed by atoms with van der Waals surface area (Å²) in [6, 6.07) is 5.11. The summed E-state index contributed by atoms with van der Waals surface area (Å²) in [7, 11) is 0. The van der Waals surface area contributed by atoms with Crippen LogP contribution in [0.5, 0.6) is 5.75 Å². The van der Waals surface area contributed by atoms with E-state index in [0.29, 0.717) is 10.9 Å². The molecule has 0 radical (unpaired) electrons. The van der Waals surface area contributed by atoms with Gasteiger partial charge in [-0.2, -0.15) is 0 Å². The van der Waals surface area contributed by atoms with Gasteiger partial charge in [0.25, 0.3) is 0 Å². The van der Waals surface area contributed by atoms with Gasteiger partial charge in [-0.1, -0.05) is 6.07 Å². The lowest BCUT2D eigenvalue weighted by molar-refractivity contribution is 0.247. The van der Waals surface area contributed by atoms with E-state index in [4.69, 9.17) is 10.8 Å². The van der Waals surface area contributed by atoms with Crippen molar-refractivity contribution in [3.8, 4) is 5.75 Å². The fourth-order valence-electron chi connectivity index (χ4n) is 1.24. The third-order valence-electron chi connectivity index (χ3n) is 2.24.